The van der Waals surface area contributed by atoms with Crippen molar-refractivity contribution in [2.75, 3.05) is 18.1 Å². The minimum atomic E-state index is -3.41. The maximum Gasteiger partial charge on any atom is 0.225 e. The van der Waals surface area contributed by atoms with Crippen molar-refractivity contribution in [3.8, 4) is 0 Å². The SMILES string of the molecule is CC(C)(C)c1ccccc1NC(=O)CCN(Cc1ccccc1)S(C)(=O)=O. The van der Waals surface area contributed by atoms with E-state index in [2.05, 4.69) is 26.1 Å². The van der Waals surface area contributed by atoms with E-state index in [9.17, 15) is 13.2 Å². The van der Waals surface area contributed by atoms with E-state index in [0.29, 0.717) is 0 Å². The fraction of sp³-hybridized carbons (Fsp3) is 0.381. The summed E-state index contributed by atoms with van der Waals surface area (Å²) in [6.45, 7) is 6.65. The molecule has 0 saturated heterocycles. The van der Waals surface area contributed by atoms with Gasteiger partial charge >= 0.3 is 0 Å². The zero-order valence-corrected chi connectivity index (χ0v) is 17.2. The zero-order chi connectivity index (χ0) is 20.1. The molecule has 0 aliphatic heterocycles. The Bertz CT molecular complexity index is 872. The number of nitrogens with zero attached hydrogens (tertiary/aromatic N) is 1. The quantitative estimate of drug-likeness (QED) is 0.785. The smallest absolute Gasteiger partial charge is 0.225 e. The topological polar surface area (TPSA) is 66.5 Å². The second kappa shape index (κ2) is 8.67. The average Bonchev–Trinajstić information content (AvgIpc) is 2.58. The Kier molecular flexibility index (Phi) is 6.78. The number of rotatable bonds is 7. The van der Waals surface area contributed by atoms with Crippen molar-refractivity contribution in [1.82, 2.24) is 4.31 Å². The Morgan fingerprint density at radius 3 is 2.19 bits per heavy atom. The molecule has 1 N–H and O–H groups in total. The highest BCUT2D eigenvalue weighted by atomic mass is 32.2. The van der Waals surface area contributed by atoms with Gasteiger partial charge in [0.05, 0.1) is 6.26 Å². The number of anilines is 1. The molecule has 0 radical (unpaired) electrons. The lowest BCUT2D eigenvalue weighted by molar-refractivity contribution is -0.116. The van der Waals surface area contributed by atoms with E-state index in [-0.39, 0.29) is 30.8 Å². The Labute approximate surface area is 162 Å². The van der Waals surface area contributed by atoms with Gasteiger partial charge in [-0.1, -0.05) is 69.3 Å². The Hall–Kier alpha value is -2.18. The minimum absolute atomic E-state index is 0.0956. The molecule has 0 aromatic heterocycles. The van der Waals surface area contributed by atoms with Crippen LogP contribution in [0.4, 0.5) is 5.69 Å². The molecular formula is C21H28N2O3S. The van der Waals surface area contributed by atoms with E-state index in [1.165, 1.54) is 10.6 Å². The largest absolute Gasteiger partial charge is 0.326 e. The van der Waals surface area contributed by atoms with Gasteiger partial charge in [-0.2, -0.15) is 4.31 Å². The molecule has 5 nitrogen and oxygen atoms in total. The average molecular weight is 389 g/mol. The monoisotopic (exact) mass is 388 g/mol. The van der Waals surface area contributed by atoms with Gasteiger partial charge in [0.1, 0.15) is 0 Å². The highest BCUT2D eigenvalue weighted by Crippen LogP contribution is 2.29. The van der Waals surface area contributed by atoms with E-state index in [0.717, 1.165) is 16.8 Å². The van der Waals surface area contributed by atoms with Crippen LogP contribution >= 0.6 is 0 Å². The summed E-state index contributed by atoms with van der Waals surface area (Å²) in [6.07, 6.45) is 1.27. The molecule has 2 aromatic rings. The van der Waals surface area contributed by atoms with Crippen LogP contribution in [0.1, 0.15) is 38.3 Å². The fourth-order valence-electron chi connectivity index (χ4n) is 2.83. The maximum absolute atomic E-state index is 12.4. The predicted octanol–water partition coefficient (Wildman–Crippen LogP) is 3.77. The molecule has 0 atom stereocenters. The first-order valence-corrected chi connectivity index (χ1v) is 10.8. The van der Waals surface area contributed by atoms with Crippen molar-refractivity contribution in [1.29, 1.82) is 0 Å². The standard InChI is InChI=1S/C21H28N2O3S/c1-21(2,3)18-12-8-9-13-19(18)22-20(24)14-15-23(27(4,25)26)16-17-10-6-5-7-11-17/h5-13H,14-16H2,1-4H3,(H,22,24). The van der Waals surface area contributed by atoms with Crippen LogP contribution in [0.3, 0.4) is 0 Å². The van der Waals surface area contributed by atoms with Crippen molar-refractivity contribution in [2.24, 2.45) is 0 Å². The summed E-state index contributed by atoms with van der Waals surface area (Å²) in [5.41, 5.74) is 2.60. The number of sulfonamides is 1. The van der Waals surface area contributed by atoms with Crippen molar-refractivity contribution in [3.63, 3.8) is 0 Å². The van der Waals surface area contributed by atoms with E-state index in [1.807, 2.05) is 54.6 Å². The lowest BCUT2D eigenvalue weighted by Gasteiger charge is -2.23. The first-order chi connectivity index (χ1) is 12.6. The van der Waals surface area contributed by atoms with Gasteiger partial charge in [-0.05, 0) is 22.6 Å². The molecule has 6 heteroatoms. The molecule has 1 amide bonds. The van der Waals surface area contributed by atoms with E-state index in [1.54, 1.807) is 0 Å². The maximum atomic E-state index is 12.4. The zero-order valence-electron chi connectivity index (χ0n) is 16.4. The Morgan fingerprint density at radius 2 is 1.59 bits per heavy atom. The van der Waals surface area contributed by atoms with E-state index in [4.69, 9.17) is 0 Å². The number of hydrogen-bond donors (Lipinski definition) is 1. The van der Waals surface area contributed by atoms with Crippen molar-refractivity contribution in [2.45, 2.75) is 39.2 Å². The van der Waals surface area contributed by atoms with Crippen LogP contribution in [0, 0.1) is 0 Å². The number of amides is 1. The number of benzene rings is 2. The van der Waals surface area contributed by atoms with Gasteiger partial charge in [-0.25, -0.2) is 8.42 Å². The lowest BCUT2D eigenvalue weighted by atomic mass is 9.86. The summed E-state index contributed by atoms with van der Waals surface area (Å²) in [6, 6.07) is 17.1. The van der Waals surface area contributed by atoms with Gasteiger partial charge in [-0.3, -0.25) is 4.79 Å². The number of hydrogen-bond acceptors (Lipinski definition) is 3. The molecule has 0 unspecified atom stereocenters. The third-order valence-electron chi connectivity index (χ3n) is 4.27. The highest BCUT2D eigenvalue weighted by molar-refractivity contribution is 7.88. The van der Waals surface area contributed by atoms with Gasteiger partial charge in [0.15, 0.2) is 0 Å². The van der Waals surface area contributed by atoms with Crippen LogP contribution in [0.2, 0.25) is 0 Å². The summed E-state index contributed by atoms with van der Waals surface area (Å²) < 4.78 is 25.5. The third-order valence-corrected chi connectivity index (χ3v) is 5.52. The van der Waals surface area contributed by atoms with Crippen LogP contribution in [0.5, 0.6) is 0 Å². The summed E-state index contributed by atoms with van der Waals surface area (Å²) in [7, 11) is -3.41. The molecule has 0 aliphatic carbocycles. The number of carbonyl (C=O) groups is 1. The summed E-state index contributed by atoms with van der Waals surface area (Å²) in [5, 5.41) is 2.93. The van der Waals surface area contributed by atoms with E-state index < -0.39 is 10.0 Å². The van der Waals surface area contributed by atoms with Gasteiger partial charge in [0.25, 0.3) is 0 Å². The van der Waals surface area contributed by atoms with Crippen LogP contribution < -0.4 is 5.32 Å². The van der Waals surface area contributed by atoms with Gasteiger partial charge in [0, 0.05) is 25.2 Å². The van der Waals surface area contributed by atoms with Crippen molar-refractivity contribution < 1.29 is 13.2 Å². The molecule has 27 heavy (non-hydrogen) atoms. The first-order valence-electron chi connectivity index (χ1n) is 8.96. The Morgan fingerprint density at radius 1 is 1.00 bits per heavy atom. The molecule has 0 heterocycles. The summed E-state index contributed by atoms with van der Waals surface area (Å²) in [5.74, 6) is -0.201. The molecule has 0 spiro atoms. The lowest BCUT2D eigenvalue weighted by Crippen LogP contribution is -2.32. The highest BCUT2D eigenvalue weighted by Gasteiger charge is 2.21. The first kappa shape index (κ1) is 21.1. The van der Waals surface area contributed by atoms with Gasteiger partial charge in [0.2, 0.25) is 15.9 Å². The predicted molar refractivity (Wildman–Crippen MR) is 110 cm³/mol. The fourth-order valence-corrected chi connectivity index (χ4v) is 3.64. The van der Waals surface area contributed by atoms with E-state index >= 15 is 0 Å². The number of nitrogens with one attached hydrogen (secondary N) is 1. The molecular weight excluding hydrogens is 360 g/mol. The third kappa shape index (κ3) is 6.48. The Balaban J connectivity index is 2.05. The minimum Gasteiger partial charge on any atom is -0.326 e. The molecule has 0 aliphatic rings. The van der Waals surface area contributed by atoms with Crippen LogP contribution in [-0.4, -0.2) is 31.4 Å². The molecule has 0 saturated carbocycles. The van der Waals surface area contributed by atoms with Gasteiger partial charge in [-0.15, -0.1) is 0 Å². The second-order valence-electron chi connectivity index (χ2n) is 7.68. The summed E-state index contributed by atoms with van der Waals surface area (Å²) in [4.78, 5) is 12.4. The van der Waals surface area contributed by atoms with Gasteiger partial charge < -0.3 is 5.32 Å². The van der Waals surface area contributed by atoms with Crippen LogP contribution in [0.25, 0.3) is 0 Å². The molecule has 2 rings (SSSR count). The van der Waals surface area contributed by atoms with Crippen LogP contribution in [0.15, 0.2) is 54.6 Å². The molecule has 0 fully saturated rings. The number of para-hydroxylation sites is 1. The normalized spacial score (nSPS) is 12.2. The molecule has 146 valence electrons. The van der Waals surface area contributed by atoms with Crippen LogP contribution in [-0.2, 0) is 26.8 Å². The van der Waals surface area contributed by atoms with Crippen molar-refractivity contribution in [3.05, 3.63) is 65.7 Å². The second-order valence-corrected chi connectivity index (χ2v) is 9.66. The molecule has 2 aromatic carbocycles. The van der Waals surface area contributed by atoms with Crippen molar-refractivity contribution >= 4 is 21.6 Å². The number of carbonyl (C=O) groups excluding carboxylic acids is 1. The molecule has 0 bridgehead atoms. The summed E-state index contributed by atoms with van der Waals surface area (Å²) >= 11 is 0.